The summed E-state index contributed by atoms with van der Waals surface area (Å²) in [7, 11) is 3.40. The summed E-state index contributed by atoms with van der Waals surface area (Å²) in [5.74, 6) is -1.18. The number of aliphatic hydroxyl groups is 1. The molecule has 0 aliphatic heterocycles. The first-order chi connectivity index (χ1) is 4.04. The summed E-state index contributed by atoms with van der Waals surface area (Å²) in [6, 6.07) is 0. The molecule has 0 aliphatic rings. The lowest BCUT2D eigenvalue weighted by Crippen LogP contribution is -2.32. The Bertz CT molecular complexity index is 102. The molecule has 0 aromatic rings. The fourth-order valence-corrected chi connectivity index (χ4v) is 0.424. The summed E-state index contributed by atoms with van der Waals surface area (Å²) >= 11 is 0. The van der Waals surface area contributed by atoms with Gasteiger partial charge in [-0.2, -0.15) is 0 Å². The number of hydrogen-bond acceptors (Lipinski definition) is 3. The maximum absolute atomic E-state index is 9.96. The van der Waals surface area contributed by atoms with Gasteiger partial charge in [0.15, 0.2) is 6.10 Å². The van der Waals surface area contributed by atoms with Gasteiger partial charge in [-0.05, 0) is 14.1 Å². The van der Waals surface area contributed by atoms with Gasteiger partial charge in [-0.1, -0.05) is 0 Å². The fraction of sp³-hybridized carbons (Fsp3) is 0.800. The molecule has 0 bridgehead atoms. The number of likely N-dealkylation sites (N-methyl/N-ethyl adjacent to an activating group) is 1. The monoisotopic (exact) mass is 133 g/mol. The third-order valence-electron chi connectivity index (χ3n) is 0.823. The molecule has 0 saturated carbocycles. The normalized spacial score (nSPS) is 13.8. The van der Waals surface area contributed by atoms with Gasteiger partial charge in [-0.25, -0.2) is 4.79 Å². The molecule has 0 rings (SSSR count). The number of carbonyl (C=O) groups is 1. The van der Waals surface area contributed by atoms with Crippen LogP contribution in [0.1, 0.15) is 0 Å². The Morgan fingerprint density at radius 2 is 2.11 bits per heavy atom. The number of aliphatic hydroxyl groups excluding tert-OH is 1. The highest BCUT2D eigenvalue weighted by Gasteiger charge is 2.12. The van der Waals surface area contributed by atoms with Crippen molar-refractivity contribution in [2.75, 3.05) is 20.6 Å². The van der Waals surface area contributed by atoms with Crippen molar-refractivity contribution in [3.63, 3.8) is 0 Å². The molecule has 0 aromatic heterocycles. The van der Waals surface area contributed by atoms with Crippen molar-refractivity contribution in [3.8, 4) is 0 Å². The first kappa shape index (κ1) is 8.39. The third kappa shape index (κ3) is 3.93. The molecule has 0 saturated heterocycles. The Kier molecular flexibility index (Phi) is 3.19. The first-order valence-corrected chi connectivity index (χ1v) is 2.59. The molecule has 0 amide bonds. The van der Waals surface area contributed by atoms with Crippen LogP contribution in [0, 0.1) is 0 Å². The molecule has 0 unspecified atom stereocenters. The fourth-order valence-electron chi connectivity index (χ4n) is 0.424. The average Bonchev–Trinajstić information content (AvgIpc) is 1.63. The largest absolute Gasteiger partial charge is 0.479 e. The average molecular weight is 133 g/mol. The highest BCUT2D eigenvalue weighted by molar-refractivity contribution is 5.72. The second-order valence-corrected chi connectivity index (χ2v) is 2.12. The van der Waals surface area contributed by atoms with E-state index in [0.29, 0.717) is 0 Å². The Morgan fingerprint density at radius 1 is 1.67 bits per heavy atom. The van der Waals surface area contributed by atoms with Crippen LogP contribution in [0.25, 0.3) is 0 Å². The molecule has 4 heteroatoms. The SMILES string of the molecule is CN(C)C[C@@H](O)C(=O)O. The van der Waals surface area contributed by atoms with Crippen molar-refractivity contribution < 1.29 is 15.0 Å². The third-order valence-corrected chi connectivity index (χ3v) is 0.823. The van der Waals surface area contributed by atoms with Crippen LogP contribution in [0.4, 0.5) is 0 Å². The van der Waals surface area contributed by atoms with Crippen LogP contribution in [-0.4, -0.2) is 47.8 Å². The van der Waals surface area contributed by atoms with Crippen molar-refractivity contribution in [1.82, 2.24) is 4.90 Å². The summed E-state index contributed by atoms with van der Waals surface area (Å²) in [4.78, 5) is 11.6. The van der Waals surface area contributed by atoms with E-state index in [1.807, 2.05) is 0 Å². The van der Waals surface area contributed by atoms with E-state index in [1.165, 1.54) is 0 Å². The van der Waals surface area contributed by atoms with Crippen LogP contribution < -0.4 is 0 Å². The zero-order valence-corrected chi connectivity index (χ0v) is 5.53. The first-order valence-electron chi connectivity index (χ1n) is 2.59. The topological polar surface area (TPSA) is 60.8 Å². The highest BCUT2D eigenvalue weighted by atomic mass is 16.4. The predicted octanol–water partition coefficient (Wildman–Crippen LogP) is -1.01. The molecular weight excluding hydrogens is 122 g/mol. The van der Waals surface area contributed by atoms with E-state index in [2.05, 4.69) is 0 Å². The van der Waals surface area contributed by atoms with E-state index >= 15 is 0 Å². The van der Waals surface area contributed by atoms with Crippen molar-refractivity contribution in [2.24, 2.45) is 0 Å². The molecule has 9 heavy (non-hydrogen) atoms. The second-order valence-electron chi connectivity index (χ2n) is 2.12. The zero-order chi connectivity index (χ0) is 7.44. The van der Waals surface area contributed by atoms with Crippen molar-refractivity contribution in [2.45, 2.75) is 6.10 Å². The van der Waals surface area contributed by atoms with Gasteiger partial charge in [-0.3, -0.25) is 0 Å². The summed E-state index contributed by atoms with van der Waals surface area (Å²) in [6.07, 6.45) is -1.26. The van der Waals surface area contributed by atoms with Crippen molar-refractivity contribution >= 4 is 5.97 Å². The van der Waals surface area contributed by atoms with Crippen LogP contribution in [0.5, 0.6) is 0 Å². The van der Waals surface area contributed by atoms with Crippen LogP contribution in [0.3, 0.4) is 0 Å². The minimum Gasteiger partial charge on any atom is -0.479 e. The van der Waals surface area contributed by atoms with Crippen LogP contribution in [0.15, 0.2) is 0 Å². The van der Waals surface area contributed by atoms with Crippen molar-refractivity contribution in [3.05, 3.63) is 0 Å². The second kappa shape index (κ2) is 3.42. The molecule has 0 aliphatic carbocycles. The maximum atomic E-state index is 9.96. The van der Waals surface area contributed by atoms with Gasteiger partial charge < -0.3 is 15.1 Å². The summed E-state index contributed by atoms with van der Waals surface area (Å²) in [5.41, 5.74) is 0. The van der Waals surface area contributed by atoms with E-state index < -0.39 is 12.1 Å². The molecule has 4 nitrogen and oxygen atoms in total. The lowest BCUT2D eigenvalue weighted by Gasteiger charge is -2.10. The van der Waals surface area contributed by atoms with Gasteiger partial charge in [0.05, 0.1) is 0 Å². The van der Waals surface area contributed by atoms with Gasteiger partial charge in [0, 0.05) is 6.54 Å². The van der Waals surface area contributed by atoms with Gasteiger partial charge in [-0.15, -0.1) is 0 Å². The lowest BCUT2D eigenvalue weighted by atomic mass is 10.3. The van der Waals surface area contributed by atoms with E-state index in [-0.39, 0.29) is 6.54 Å². The van der Waals surface area contributed by atoms with Crippen LogP contribution in [-0.2, 0) is 4.79 Å². The van der Waals surface area contributed by atoms with Crippen LogP contribution in [0.2, 0.25) is 0 Å². The van der Waals surface area contributed by atoms with Gasteiger partial charge in [0.1, 0.15) is 0 Å². The van der Waals surface area contributed by atoms with E-state index in [4.69, 9.17) is 10.2 Å². The molecule has 0 spiro atoms. The molecule has 0 radical (unpaired) electrons. The number of carboxylic acids is 1. The Labute approximate surface area is 53.7 Å². The number of aliphatic carboxylic acids is 1. The standard InChI is InChI=1S/C5H11NO3/c1-6(2)3-4(7)5(8)9/h4,7H,3H2,1-2H3,(H,8,9)/t4-/m1/s1. The lowest BCUT2D eigenvalue weighted by molar-refractivity contribution is -0.147. The molecule has 1 atom stereocenters. The Balaban J connectivity index is 3.50. The minimum atomic E-state index is -1.26. The zero-order valence-electron chi connectivity index (χ0n) is 5.53. The van der Waals surface area contributed by atoms with Gasteiger partial charge >= 0.3 is 5.97 Å². The summed E-state index contributed by atoms with van der Waals surface area (Å²) in [5, 5.41) is 16.8. The molecule has 0 heterocycles. The summed E-state index contributed by atoms with van der Waals surface area (Å²) in [6.45, 7) is 0.162. The maximum Gasteiger partial charge on any atom is 0.333 e. The number of rotatable bonds is 3. The molecule has 0 aromatic carbocycles. The van der Waals surface area contributed by atoms with Crippen molar-refractivity contribution in [1.29, 1.82) is 0 Å². The quantitative estimate of drug-likeness (QED) is 0.518. The number of nitrogens with zero attached hydrogens (tertiary/aromatic N) is 1. The summed E-state index contributed by atoms with van der Waals surface area (Å²) < 4.78 is 0. The number of hydrogen-bond donors (Lipinski definition) is 2. The molecule has 54 valence electrons. The van der Waals surface area contributed by atoms with Gasteiger partial charge in [0.25, 0.3) is 0 Å². The minimum absolute atomic E-state index is 0.162. The number of carboxylic acid groups (broad SMARTS) is 1. The highest BCUT2D eigenvalue weighted by Crippen LogP contribution is 1.84. The Morgan fingerprint density at radius 3 is 2.22 bits per heavy atom. The van der Waals surface area contributed by atoms with Gasteiger partial charge in [0.2, 0.25) is 0 Å². The molecular formula is C5H11NO3. The molecule has 0 fully saturated rings. The Hall–Kier alpha value is -0.610. The predicted molar refractivity (Wildman–Crippen MR) is 32.2 cm³/mol. The smallest absolute Gasteiger partial charge is 0.333 e. The van der Waals surface area contributed by atoms with E-state index in [9.17, 15) is 4.79 Å². The van der Waals surface area contributed by atoms with E-state index in [0.717, 1.165) is 0 Å². The van der Waals surface area contributed by atoms with Crippen LogP contribution >= 0.6 is 0 Å². The van der Waals surface area contributed by atoms with E-state index in [1.54, 1.807) is 19.0 Å². The molecule has 2 N–H and O–H groups in total.